The van der Waals surface area contributed by atoms with Gasteiger partial charge in [-0.25, -0.2) is 0 Å². The molecule has 8 aromatic carbocycles. The highest BCUT2D eigenvalue weighted by Gasteiger charge is 2.53. The summed E-state index contributed by atoms with van der Waals surface area (Å²) < 4.78 is 9.53. The summed E-state index contributed by atoms with van der Waals surface area (Å²) in [7, 11) is 0. The zero-order chi connectivity index (χ0) is 39.0. The van der Waals surface area contributed by atoms with E-state index in [1.54, 1.807) is 0 Å². The maximum atomic E-state index is 6.96. The summed E-state index contributed by atoms with van der Waals surface area (Å²) in [6, 6.07) is 65.6. The van der Waals surface area contributed by atoms with Gasteiger partial charge in [0.2, 0.25) is 0 Å². The molecule has 0 saturated carbocycles. The molecular weight excluding hydrogens is 723 g/mol. The van der Waals surface area contributed by atoms with Crippen molar-refractivity contribution in [1.29, 1.82) is 0 Å². The Balaban J connectivity index is 1.18. The predicted molar refractivity (Wildman–Crippen MR) is 242 cm³/mol. The van der Waals surface area contributed by atoms with Crippen molar-refractivity contribution in [2.75, 3.05) is 4.90 Å². The van der Waals surface area contributed by atoms with Crippen LogP contribution in [0.25, 0.3) is 31.3 Å². The van der Waals surface area contributed by atoms with E-state index in [2.05, 4.69) is 209 Å². The Morgan fingerprint density at radius 3 is 1.71 bits per heavy atom. The number of hydrogen-bond donors (Lipinski definition) is 0. The molecule has 3 heteroatoms. The van der Waals surface area contributed by atoms with Gasteiger partial charge in [-0.15, -0.1) is 11.3 Å². The Hall–Kier alpha value is -6.42. The lowest BCUT2D eigenvalue weighted by atomic mass is 9.53. The molecule has 1 aromatic heterocycles. The topological polar surface area (TPSA) is 12.5 Å². The first-order valence-electron chi connectivity index (χ1n) is 20.3. The standard InChI is InChI=1S/C55H41NOS/c1-53(2)39-18-7-5-16-36(39)37-30-28-34(32-45(37)53)56(47-24-15-27-51-52(47)38-17-6-14-26-50(38)58-51)35-29-31-49-46(33-35)55(44-23-12-13-25-48(44)57-49)42-21-10-8-19-40(42)54(3,4)41-20-9-11-22-43(41)55/h5-33H,1-4H3. The molecule has 2 heterocycles. The van der Waals surface area contributed by atoms with Crippen LogP contribution < -0.4 is 9.64 Å². The van der Waals surface area contributed by atoms with E-state index in [1.807, 2.05) is 11.3 Å². The number of nitrogens with zero attached hydrogens (tertiary/aromatic N) is 1. The van der Waals surface area contributed by atoms with Gasteiger partial charge in [0.25, 0.3) is 0 Å². The normalized spacial score (nSPS) is 15.8. The molecule has 2 nitrogen and oxygen atoms in total. The zero-order valence-electron chi connectivity index (χ0n) is 33.0. The van der Waals surface area contributed by atoms with E-state index in [1.165, 1.54) is 75.9 Å². The van der Waals surface area contributed by atoms with E-state index in [4.69, 9.17) is 4.74 Å². The Morgan fingerprint density at radius 2 is 0.948 bits per heavy atom. The average molecular weight is 764 g/mol. The predicted octanol–water partition coefficient (Wildman–Crippen LogP) is 15.0. The number of para-hydroxylation sites is 1. The molecule has 0 unspecified atom stereocenters. The largest absolute Gasteiger partial charge is 0.457 e. The van der Waals surface area contributed by atoms with E-state index >= 15 is 0 Å². The van der Waals surface area contributed by atoms with Gasteiger partial charge in [0.15, 0.2) is 0 Å². The molecule has 0 atom stereocenters. The van der Waals surface area contributed by atoms with Crippen molar-refractivity contribution in [2.24, 2.45) is 0 Å². The van der Waals surface area contributed by atoms with Gasteiger partial charge in [-0.05, 0) is 99.1 Å². The van der Waals surface area contributed by atoms with Crippen molar-refractivity contribution >= 4 is 48.6 Å². The summed E-state index contributed by atoms with van der Waals surface area (Å²) in [5.41, 5.74) is 15.4. The quantitative estimate of drug-likeness (QED) is 0.178. The van der Waals surface area contributed by atoms with Crippen LogP contribution in [0.4, 0.5) is 17.1 Å². The van der Waals surface area contributed by atoms with Gasteiger partial charge in [-0.1, -0.05) is 149 Å². The lowest BCUT2D eigenvalue weighted by molar-refractivity contribution is 0.425. The fraction of sp³-hybridized carbons (Fsp3) is 0.127. The van der Waals surface area contributed by atoms with Gasteiger partial charge in [-0.2, -0.15) is 0 Å². The minimum absolute atomic E-state index is 0.144. The van der Waals surface area contributed by atoms with E-state index < -0.39 is 5.41 Å². The van der Waals surface area contributed by atoms with Gasteiger partial charge in [0, 0.05) is 53.5 Å². The Labute approximate surface area is 343 Å². The van der Waals surface area contributed by atoms with Crippen molar-refractivity contribution < 1.29 is 4.74 Å². The van der Waals surface area contributed by atoms with E-state index in [0.717, 1.165) is 28.4 Å². The third kappa shape index (κ3) is 4.32. The summed E-state index contributed by atoms with van der Waals surface area (Å²) in [5, 5.41) is 2.55. The molecule has 278 valence electrons. The van der Waals surface area contributed by atoms with E-state index in [9.17, 15) is 0 Å². The highest BCUT2D eigenvalue weighted by Crippen LogP contribution is 2.62. The Kier molecular flexibility index (Phi) is 6.86. The molecule has 0 fully saturated rings. The third-order valence-corrected chi connectivity index (χ3v) is 14.7. The smallest absolute Gasteiger partial charge is 0.132 e. The maximum absolute atomic E-state index is 6.96. The van der Waals surface area contributed by atoms with E-state index in [-0.39, 0.29) is 10.8 Å². The second-order valence-electron chi connectivity index (χ2n) is 17.2. The maximum Gasteiger partial charge on any atom is 0.132 e. The summed E-state index contributed by atoms with van der Waals surface area (Å²) in [6.45, 7) is 9.49. The van der Waals surface area contributed by atoms with Crippen LogP contribution in [-0.2, 0) is 16.2 Å². The highest BCUT2D eigenvalue weighted by molar-refractivity contribution is 7.26. The van der Waals surface area contributed by atoms with Crippen molar-refractivity contribution in [2.45, 2.75) is 43.9 Å². The first-order valence-corrected chi connectivity index (χ1v) is 21.2. The number of anilines is 3. The van der Waals surface area contributed by atoms with Gasteiger partial charge in [0.05, 0.1) is 11.1 Å². The molecule has 0 radical (unpaired) electrons. The fourth-order valence-corrected chi connectivity index (χ4v) is 12.1. The van der Waals surface area contributed by atoms with Crippen LogP contribution in [0.1, 0.15) is 72.2 Å². The fourth-order valence-electron chi connectivity index (χ4n) is 10.9. The van der Waals surface area contributed by atoms with Crippen LogP contribution >= 0.6 is 11.3 Å². The molecule has 9 aromatic rings. The molecule has 0 N–H and O–H groups in total. The molecule has 0 amide bonds. The number of thiophene rings is 1. The average Bonchev–Trinajstić information content (AvgIpc) is 3.75. The number of fused-ring (bicyclic) bond motifs is 14. The monoisotopic (exact) mass is 763 g/mol. The van der Waals surface area contributed by atoms with Crippen molar-refractivity contribution in [3.63, 3.8) is 0 Å². The number of rotatable bonds is 3. The van der Waals surface area contributed by atoms with Crippen molar-refractivity contribution in [3.8, 4) is 22.6 Å². The molecule has 58 heavy (non-hydrogen) atoms. The number of hydrogen-bond acceptors (Lipinski definition) is 3. The first kappa shape index (κ1) is 33.7. The lowest BCUT2D eigenvalue weighted by Gasteiger charge is -2.50. The number of benzene rings is 8. The lowest BCUT2D eigenvalue weighted by Crippen LogP contribution is -2.43. The van der Waals surface area contributed by atoms with Crippen LogP contribution in [0.5, 0.6) is 11.5 Å². The van der Waals surface area contributed by atoms with Gasteiger partial charge >= 0.3 is 0 Å². The summed E-state index contributed by atoms with van der Waals surface area (Å²) >= 11 is 1.87. The highest BCUT2D eigenvalue weighted by atomic mass is 32.1. The van der Waals surface area contributed by atoms with Crippen LogP contribution in [0.15, 0.2) is 176 Å². The minimum atomic E-state index is -0.614. The van der Waals surface area contributed by atoms with Crippen molar-refractivity contribution in [1.82, 2.24) is 0 Å². The van der Waals surface area contributed by atoms with Crippen LogP contribution in [0, 0.1) is 0 Å². The van der Waals surface area contributed by atoms with Crippen molar-refractivity contribution in [3.05, 3.63) is 220 Å². The minimum Gasteiger partial charge on any atom is -0.457 e. The van der Waals surface area contributed by atoms with Crippen LogP contribution in [0.3, 0.4) is 0 Å². The van der Waals surface area contributed by atoms with E-state index in [0.29, 0.717) is 0 Å². The molecule has 12 rings (SSSR count). The molecule has 2 aliphatic carbocycles. The first-order chi connectivity index (χ1) is 28.3. The second-order valence-corrected chi connectivity index (χ2v) is 18.3. The molecule has 3 aliphatic rings. The zero-order valence-corrected chi connectivity index (χ0v) is 33.8. The van der Waals surface area contributed by atoms with Gasteiger partial charge in [0.1, 0.15) is 11.5 Å². The Morgan fingerprint density at radius 1 is 0.414 bits per heavy atom. The summed E-state index contributed by atoms with van der Waals surface area (Å²) in [6.07, 6.45) is 0. The molecule has 1 spiro atoms. The Bertz CT molecular complexity index is 3130. The molecule has 0 saturated heterocycles. The third-order valence-electron chi connectivity index (χ3n) is 13.6. The summed E-state index contributed by atoms with van der Waals surface area (Å²) in [4.78, 5) is 2.51. The molecule has 1 aliphatic heterocycles. The SMILES string of the molecule is CC1(C)c2ccccc2-c2ccc(N(c3ccc4c(c3)C3(c5ccccc5O4)c4ccccc4C(C)(C)c4ccccc43)c3cccc4sc5ccccc5c34)cc21. The van der Waals surface area contributed by atoms with Crippen LogP contribution in [0.2, 0.25) is 0 Å². The molecule has 0 bridgehead atoms. The van der Waals surface area contributed by atoms with Crippen LogP contribution in [-0.4, -0.2) is 0 Å². The molecular formula is C55H41NOS. The summed E-state index contributed by atoms with van der Waals surface area (Å²) in [5.74, 6) is 1.79. The van der Waals surface area contributed by atoms with Gasteiger partial charge < -0.3 is 9.64 Å². The van der Waals surface area contributed by atoms with Gasteiger partial charge in [-0.3, -0.25) is 0 Å². The number of ether oxygens (including phenoxy) is 1. The second kappa shape index (κ2) is 11.8.